The van der Waals surface area contributed by atoms with Gasteiger partial charge in [-0.3, -0.25) is 0 Å². The average molecular weight is 156 g/mol. The first-order chi connectivity index (χ1) is 5.01. The van der Waals surface area contributed by atoms with Crippen LogP contribution < -0.4 is 0 Å². The average Bonchev–Trinajstić information content (AvgIpc) is 2.17. The van der Waals surface area contributed by atoms with Crippen molar-refractivity contribution in [1.82, 2.24) is 0 Å². The molecule has 66 valence electrons. The highest BCUT2D eigenvalue weighted by molar-refractivity contribution is 4.92. The summed E-state index contributed by atoms with van der Waals surface area (Å²) >= 11 is 0. The molecule has 0 aromatic carbocycles. The highest BCUT2D eigenvalue weighted by Gasteiger charge is 2.44. The molecule has 0 radical (unpaired) electrons. The molecule has 0 spiro atoms. The maximum atomic E-state index is 5.92. The van der Waals surface area contributed by atoms with Crippen LogP contribution in [0.5, 0.6) is 0 Å². The van der Waals surface area contributed by atoms with Crippen LogP contribution in [0.4, 0.5) is 0 Å². The van der Waals surface area contributed by atoms with Crippen LogP contribution in [-0.2, 0) is 4.74 Å². The summed E-state index contributed by atoms with van der Waals surface area (Å²) in [7, 11) is 0. The Morgan fingerprint density at radius 1 is 1.27 bits per heavy atom. The molecule has 0 saturated carbocycles. The van der Waals surface area contributed by atoms with Gasteiger partial charge in [0.1, 0.15) is 0 Å². The van der Waals surface area contributed by atoms with Gasteiger partial charge in [0.15, 0.2) is 0 Å². The van der Waals surface area contributed by atoms with Crippen LogP contribution in [0.25, 0.3) is 0 Å². The Morgan fingerprint density at radius 2 is 1.82 bits per heavy atom. The SMILES string of the molecule is CCC1(C)OC(C)C(C)C1C. The molecule has 1 saturated heterocycles. The van der Waals surface area contributed by atoms with Gasteiger partial charge in [-0.15, -0.1) is 0 Å². The molecule has 11 heavy (non-hydrogen) atoms. The quantitative estimate of drug-likeness (QED) is 0.567. The summed E-state index contributed by atoms with van der Waals surface area (Å²) in [6.45, 7) is 11.2. The van der Waals surface area contributed by atoms with Gasteiger partial charge >= 0.3 is 0 Å². The number of hydrogen-bond donors (Lipinski definition) is 0. The summed E-state index contributed by atoms with van der Waals surface area (Å²) in [5, 5.41) is 0. The van der Waals surface area contributed by atoms with Gasteiger partial charge in [-0.1, -0.05) is 20.8 Å². The minimum Gasteiger partial charge on any atom is -0.372 e. The van der Waals surface area contributed by atoms with Crippen molar-refractivity contribution in [2.24, 2.45) is 11.8 Å². The van der Waals surface area contributed by atoms with E-state index in [9.17, 15) is 0 Å². The Morgan fingerprint density at radius 3 is 2.00 bits per heavy atom. The lowest BCUT2D eigenvalue weighted by molar-refractivity contribution is -0.0394. The summed E-state index contributed by atoms with van der Waals surface area (Å²) in [4.78, 5) is 0. The lowest BCUT2D eigenvalue weighted by Gasteiger charge is -2.27. The van der Waals surface area contributed by atoms with E-state index >= 15 is 0 Å². The van der Waals surface area contributed by atoms with Crippen molar-refractivity contribution in [3.05, 3.63) is 0 Å². The fourth-order valence-corrected chi connectivity index (χ4v) is 2.01. The minimum absolute atomic E-state index is 0.138. The van der Waals surface area contributed by atoms with Crippen LogP contribution in [0.2, 0.25) is 0 Å². The van der Waals surface area contributed by atoms with Gasteiger partial charge in [-0.25, -0.2) is 0 Å². The maximum absolute atomic E-state index is 5.92. The molecule has 0 aromatic rings. The molecule has 1 nitrogen and oxygen atoms in total. The van der Waals surface area contributed by atoms with Crippen LogP contribution in [0.1, 0.15) is 41.0 Å². The van der Waals surface area contributed by atoms with Crippen molar-refractivity contribution in [3.63, 3.8) is 0 Å². The second-order valence-electron chi connectivity index (χ2n) is 4.14. The number of hydrogen-bond acceptors (Lipinski definition) is 1. The van der Waals surface area contributed by atoms with E-state index in [1.54, 1.807) is 0 Å². The zero-order valence-corrected chi connectivity index (χ0v) is 8.35. The first-order valence-corrected chi connectivity index (χ1v) is 4.69. The minimum atomic E-state index is 0.138. The smallest absolute Gasteiger partial charge is 0.0684 e. The third-order valence-electron chi connectivity index (χ3n) is 3.65. The molecule has 1 heteroatoms. The summed E-state index contributed by atoms with van der Waals surface area (Å²) in [5.41, 5.74) is 0.138. The second kappa shape index (κ2) is 2.78. The van der Waals surface area contributed by atoms with Gasteiger partial charge in [0.05, 0.1) is 11.7 Å². The van der Waals surface area contributed by atoms with Crippen LogP contribution in [0, 0.1) is 11.8 Å². The Bertz CT molecular complexity index is 144. The van der Waals surface area contributed by atoms with Gasteiger partial charge in [0.2, 0.25) is 0 Å². The Labute approximate surface area is 70.1 Å². The molecule has 0 N–H and O–H groups in total. The Hall–Kier alpha value is -0.0400. The first-order valence-electron chi connectivity index (χ1n) is 4.69. The molecular formula is C10H20O. The predicted octanol–water partition coefficient (Wildman–Crippen LogP) is 2.85. The van der Waals surface area contributed by atoms with Crippen LogP contribution in [-0.4, -0.2) is 11.7 Å². The summed E-state index contributed by atoms with van der Waals surface area (Å²) in [6.07, 6.45) is 1.57. The zero-order chi connectivity index (χ0) is 8.65. The molecule has 1 fully saturated rings. The maximum Gasteiger partial charge on any atom is 0.0684 e. The first kappa shape index (κ1) is 9.05. The molecule has 1 aliphatic rings. The second-order valence-corrected chi connectivity index (χ2v) is 4.14. The van der Waals surface area contributed by atoms with Gasteiger partial charge in [-0.05, 0) is 32.1 Å². The van der Waals surface area contributed by atoms with E-state index < -0.39 is 0 Å². The van der Waals surface area contributed by atoms with E-state index in [0.717, 1.165) is 6.42 Å². The molecular weight excluding hydrogens is 136 g/mol. The van der Waals surface area contributed by atoms with Crippen LogP contribution >= 0.6 is 0 Å². The van der Waals surface area contributed by atoms with Crippen molar-refractivity contribution in [2.75, 3.05) is 0 Å². The van der Waals surface area contributed by atoms with Crippen molar-refractivity contribution in [3.8, 4) is 0 Å². The normalized spacial score (nSPS) is 51.5. The third kappa shape index (κ3) is 1.31. The predicted molar refractivity (Wildman–Crippen MR) is 47.6 cm³/mol. The lowest BCUT2D eigenvalue weighted by atomic mass is 9.82. The largest absolute Gasteiger partial charge is 0.372 e. The topological polar surface area (TPSA) is 9.23 Å². The number of ether oxygens (including phenoxy) is 1. The summed E-state index contributed by atoms with van der Waals surface area (Å²) in [6, 6.07) is 0. The molecule has 0 aliphatic carbocycles. The van der Waals surface area contributed by atoms with E-state index in [1.165, 1.54) is 0 Å². The molecule has 1 heterocycles. The fraction of sp³-hybridized carbons (Fsp3) is 1.00. The monoisotopic (exact) mass is 156 g/mol. The van der Waals surface area contributed by atoms with Crippen molar-refractivity contribution >= 4 is 0 Å². The third-order valence-corrected chi connectivity index (χ3v) is 3.65. The van der Waals surface area contributed by atoms with Gasteiger partial charge in [-0.2, -0.15) is 0 Å². The molecule has 0 aromatic heterocycles. The van der Waals surface area contributed by atoms with Crippen molar-refractivity contribution in [2.45, 2.75) is 52.7 Å². The molecule has 1 rings (SSSR count). The van der Waals surface area contributed by atoms with Crippen molar-refractivity contribution < 1.29 is 4.74 Å². The van der Waals surface area contributed by atoms with E-state index in [0.29, 0.717) is 17.9 Å². The zero-order valence-electron chi connectivity index (χ0n) is 8.35. The fourth-order valence-electron chi connectivity index (χ4n) is 2.01. The van der Waals surface area contributed by atoms with E-state index in [1.807, 2.05) is 0 Å². The molecule has 0 bridgehead atoms. The van der Waals surface area contributed by atoms with Gasteiger partial charge in [0, 0.05) is 0 Å². The highest BCUT2D eigenvalue weighted by atomic mass is 16.5. The molecule has 0 amide bonds. The summed E-state index contributed by atoms with van der Waals surface area (Å²) in [5.74, 6) is 1.41. The Balaban J connectivity index is 2.73. The molecule has 1 aliphatic heterocycles. The van der Waals surface area contributed by atoms with Gasteiger partial charge in [0.25, 0.3) is 0 Å². The molecule has 4 atom stereocenters. The standard InChI is InChI=1S/C10H20O/c1-6-10(5)8(3)7(2)9(4)11-10/h7-9H,6H2,1-5H3. The van der Waals surface area contributed by atoms with E-state index in [-0.39, 0.29) is 5.60 Å². The van der Waals surface area contributed by atoms with Crippen LogP contribution in [0.3, 0.4) is 0 Å². The lowest BCUT2D eigenvalue weighted by Crippen LogP contribution is -2.30. The summed E-state index contributed by atoms with van der Waals surface area (Å²) < 4.78 is 5.92. The van der Waals surface area contributed by atoms with Crippen LogP contribution in [0.15, 0.2) is 0 Å². The molecule has 4 unspecified atom stereocenters. The van der Waals surface area contributed by atoms with Crippen molar-refractivity contribution in [1.29, 1.82) is 0 Å². The highest BCUT2D eigenvalue weighted by Crippen LogP contribution is 2.41. The van der Waals surface area contributed by atoms with E-state index in [4.69, 9.17) is 4.74 Å². The number of rotatable bonds is 1. The Kier molecular flexibility index (Phi) is 2.29. The van der Waals surface area contributed by atoms with E-state index in [2.05, 4.69) is 34.6 Å². The van der Waals surface area contributed by atoms with Gasteiger partial charge < -0.3 is 4.74 Å².